The Morgan fingerprint density at radius 2 is 2.44 bits per heavy atom. The van der Waals surface area contributed by atoms with Gasteiger partial charge in [0.25, 0.3) is 0 Å². The molecular formula is C10H10N2O2S2. The molecule has 2 heterocycles. The first-order chi connectivity index (χ1) is 7.79. The van der Waals surface area contributed by atoms with E-state index < -0.39 is 0 Å². The average Bonchev–Trinajstić information content (AvgIpc) is 2.86. The fourth-order valence-electron chi connectivity index (χ4n) is 1.22. The summed E-state index contributed by atoms with van der Waals surface area (Å²) in [6.07, 6.45) is 0.246. The first kappa shape index (κ1) is 11.3. The zero-order chi connectivity index (χ0) is 11.4. The Labute approximate surface area is 101 Å². The van der Waals surface area contributed by atoms with Gasteiger partial charge in [0, 0.05) is 5.38 Å². The second-order valence-corrected chi connectivity index (χ2v) is 4.83. The molecule has 0 aliphatic carbocycles. The van der Waals surface area contributed by atoms with Crippen molar-refractivity contribution in [2.24, 2.45) is 0 Å². The summed E-state index contributed by atoms with van der Waals surface area (Å²) in [6.45, 7) is 0. The zero-order valence-electron chi connectivity index (χ0n) is 8.60. The molecule has 0 atom stereocenters. The first-order valence-corrected chi connectivity index (χ1v) is 6.35. The summed E-state index contributed by atoms with van der Waals surface area (Å²) in [5.74, 6) is -0.189. The van der Waals surface area contributed by atoms with E-state index in [0.29, 0.717) is 0 Å². The second kappa shape index (κ2) is 5.20. The van der Waals surface area contributed by atoms with Crippen LogP contribution < -0.4 is 5.48 Å². The fourth-order valence-corrected chi connectivity index (χ4v) is 2.85. The van der Waals surface area contributed by atoms with Gasteiger partial charge in [0.15, 0.2) is 0 Å². The fraction of sp³-hybridized carbons (Fsp3) is 0.200. The summed E-state index contributed by atoms with van der Waals surface area (Å²) in [4.78, 5) is 21.3. The highest BCUT2D eigenvalue weighted by atomic mass is 32.1. The number of hydroxylamine groups is 1. The molecule has 2 aromatic rings. The summed E-state index contributed by atoms with van der Waals surface area (Å²) >= 11 is 3.19. The number of hydrogen-bond acceptors (Lipinski definition) is 5. The van der Waals surface area contributed by atoms with E-state index >= 15 is 0 Å². The molecule has 6 heteroatoms. The molecule has 0 aromatic carbocycles. The van der Waals surface area contributed by atoms with Crippen molar-refractivity contribution < 1.29 is 9.63 Å². The highest BCUT2D eigenvalue weighted by Gasteiger charge is 2.08. The minimum absolute atomic E-state index is 0.189. The first-order valence-electron chi connectivity index (χ1n) is 4.59. The molecule has 0 fully saturated rings. The quantitative estimate of drug-likeness (QED) is 0.850. The van der Waals surface area contributed by atoms with Crippen LogP contribution >= 0.6 is 22.7 Å². The monoisotopic (exact) mass is 254 g/mol. The minimum Gasteiger partial charge on any atom is -0.277 e. The molecule has 4 nitrogen and oxygen atoms in total. The van der Waals surface area contributed by atoms with E-state index in [4.69, 9.17) is 0 Å². The standard InChI is InChI=1S/C10H10N2O2S2/c1-14-12-9(13)5-7-6-16-10(11-7)8-3-2-4-15-8/h2-4,6H,5H2,1H3,(H,12,13). The number of amides is 1. The molecule has 0 aliphatic heterocycles. The van der Waals surface area contributed by atoms with Crippen LogP contribution in [0.3, 0.4) is 0 Å². The van der Waals surface area contributed by atoms with Crippen molar-refractivity contribution in [2.45, 2.75) is 6.42 Å². The Bertz CT molecular complexity index is 465. The Hall–Kier alpha value is -1.24. The number of nitrogens with zero attached hydrogens (tertiary/aromatic N) is 1. The minimum atomic E-state index is -0.189. The molecule has 0 aliphatic rings. The Morgan fingerprint density at radius 1 is 1.56 bits per heavy atom. The van der Waals surface area contributed by atoms with Crippen molar-refractivity contribution in [3.63, 3.8) is 0 Å². The smallest absolute Gasteiger partial charge is 0.249 e. The number of rotatable bonds is 4. The summed E-state index contributed by atoms with van der Waals surface area (Å²) in [5, 5.41) is 4.86. The van der Waals surface area contributed by atoms with E-state index in [0.717, 1.165) is 15.6 Å². The molecule has 0 unspecified atom stereocenters. The maximum Gasteiger partial charge on any atom is 0.249 e. The normalized spacial score (nSPS) is 10.3. The molecule has 0 spiro atoms. The summed E-state index contributed by atoms with van der Waals surface area (Å²) in [7, 11) is 1.41. The van der Waals surface area contributed by atoms with Crippen molar-refractivity contribution in [3.8, 4) is 9.88 Å². The molecular weight excluding hydrogens is 244 g/mol. The van der Waals surface area contributed by atoms with Gasteiger partial charge in [0.1, 0.15) is 5.01 Å². The van der Waals surface area contributed by atoms with Gasteiger partial charge in [-0.2, -0.15) is 0 Å². The molecule has 16 heavy (non-hydrogen) atoms. The molecule has 0 saturated carbocycles. The van der Waals surface area contributed by atoms with Gasteiger partial charge in [-0.1, -0.05) is 6.07 Å². The van der Waals surface area contributed by atoms with Crippen molar-refractivity contribution in [1.82, 2.24) is 10.5 Å². The van der Waals surface area contributed by atoms with Crippen LogP contribution in [0.1, 0.15) is 5.69 Å². The van der Waals surface area contributed by atoms with Crippen LogP contribution in [0.4, 0.5) is 0 Å². The van der Waals surface area contributed by atoms with Crippen LogP contribution in [0.25, 0.3) is 9.88 Å². The maximum atomic E-state index is 11.2. The molecule has 0 radical (unpaired) electrons. The molecule has 0 bridgehead atoms. The number of hydrogen-bond donors (Lipinski definition) is 1. The second-order valence-electron chi connectivity index (χ2n) is 3.03. The van der Waals surface area contributed by atoms with E-state index in [1.807, 2.05) is 22.9 Å². The van der Waals surface area contributed by atoms with E-state index in [1.54, 1.807) is 22.7 Å². The van der Waals surface area contributed by atoms with Gasteiger partial charge in [0.2, 0.25) is 5.91 Å². The third kappa shape index (κ3) is 2.66. The van der Waals surface area contributed by atoms with Crippen molar-refractivity contribution >= 4 is 28.6 Å². The predicted octanol–water partition coefficient (Wildman–Crippen LogP) is 2.09. The molecule has 1 N–H and O–H groups in total. The van der Waals surface area contributed by atoms with E-state index in [1.165, 1.54) is 7.11 Å². The summed E-state index contributed by atoms with van der Waals surface area (Å²) in [6, 6.07) is 4.00. The molecule has 0 saturated heterocycles. The SMILES string of the molecule is CONC(=O)Cc1csc(-c2cccs2)n1. The number of thiophene rings is 1. The Kier molecular flexibility index (Phi) is 3.66. The van der Waals surface area contributed by atoms with Crippen LogP contribution in [0.2, 0.25) is 0 Å². The lowest BCUT2D eigenvalue weighted by atomic mass is 10.3. The highest BCUT2D eigenvalue weighted by Crippen LogP contribution is 2.27. The number of nitrogens with one attached hydrogen (secondary N) is 1. The number of carbonyl (C=O) groups excluding carboxylic acids is 1. The third-order valence-corrected chi connectivity index (χ3v) is 3.77. The highest BCUT2D eigenvalue weighted by molar-refractivity contribution is 7.20. The lowest BCUT2D eigenvalue weighted by molar-refractivity contribution is -0.130. The molecule has 1 amide bonds. The van der Waals surface area contributed by atoms with E-state index in [-0.39, 0.29) is 12.3 Å². The van der Waals surface area contributed by atoms with Crippen LogP contribution in [0.15, 0.2) is 22.9 Å². The van der Waals surface area contributed by atoms with Gasteiger partial charge < -0.3 is 0 Å². The van der Waals surface area contributed by atoms with Crippen molar-refractivity contribution in [1.29, 1.82) is 0 Å². The van der Waals surface area contributed by atoms with Gasteiger partial charge in [-0.25, -0.2) is 10.5 Å². The Balaban J connectivity index is 2.06. The van der Waals surface area contributed by atoms with Crippen LogP contribution in [-0.4, -0.2) is 18.0 Å². The largest absolute Gasteiger partial charge is 0.277 e. The topological polar surface area (TPSA) is 51.2 Å². The Morgan fingerprint density at radius 3 is 3.12 bits per heavy atom. The van der Waals surface area contributed by atoms with E-state index in [9.17, 15) is 4.79 Å². The lowest BCUT2D eigenvalue weighted by Crippen LogP contribution is -2.23. The molecule has 84 valence electrons. The maximum absolute atomic E-state index is 11.2. The van der Waals surface area contributed by atoms with Crippen LogP contribution in [-0.2, 0) is 16.1 Å². The predicted molar refractivity (Wildman–Crippen MR) is 64.3 cm³/mol. The van der Waals surface area contributed by atoms with Gasteiger partial charge in [-0.3, -0.25) is 9.63 Å². The zero-order valence-corrected chi connectivity index (χ0v) is 10.2. The van der Waals surface area contributed by atoms with Crippen molar-refractivity contribution in [2.75, 3.05) is 7.11 Å². The van der Waals surface area contributed by atoms with E-state index in [2.05, 4.69) is 15.3 Å². The summed E-state index contributed by atoms with van der Waals surface area (Å²) < 4.78 is 0. The number of thiazole rings is 1. The van der Waals surface area contributed by atoms with Gasteiger partial charge in [-0.15, -0.1) is 22.7 Å². The van der Waals surface area contributed by atoms with Gasteiger partial charge >= 0.3 is 0 Å². The van der Waals surface area contributed by atoms with Gasteiger partial charge in [-0.05, 0) is 11.4 Å². The summed E-state index contributed by atoms with van der Waals surface area (Å²) in [5.41, 5.74) is 3.03. The number of aromatic nitrogens is 1. The third-order valence-electron chi connectivity index (χ3n) is 1.84. The van der Waals surface area contributed by atoms with Crippen LogP contribution in [0.5, 0.6) is 0 Å². The molecule has 2 rings (SSSR count). The average molecular weight is 254 g/mol. The number of carbonyl (C=O) groups is 1. The van der Waals surface area contributed by atoms with Crippen LogP contribution in [0, 0.1) is 0 Å². The van der Waals surface area contributed by atoms with Gasteiger partial charge in [0.05, 0.1) is 24.1 Å². The molecule has 2 aromatic heterocycles. The lowest BCUT2D eigenvalue weighted by Gasteiger charge is -1.98. The van der Waals surface area contributed by atoms with Crippen molar-refractivity contribution in [3.05, 3.63) is 28.6 Å².